The molecule has 1 fully saturated rings. The third-order valence-electron chi connectivity index (χ3n) is 6.48. The SMILES string of the molecule is Cc1cc(O)c(CN2CCN(Cc3ccccc3)CC2)c2c1C(=O)/C(=C/c1ccc(Br)cc1)O2. The standard InChI is InChI=1S/C28H27BrN2O3/c1-19-15-24(32)23(18-31-13-11-30(12-14-31)17-21-5-3-2-4-6-21)28-26(19)27(33)25(34-28)16-20-7-9-22(29)10-8-20/h2-10,15-16,32H,11-14,17-18H2,1H3/b25-16-. The van der Waals surface area contributed by atoms with Crippen molar-refractivity contribution >= 4 is 27.8 Å². The molecule has 6 heteroatoms. The maximum Gasteiger partial charge on any atom is 0.232 e. The Balaban J connectivity index is 1.32. The molecule has 2 aliphatic rings. The molecule has 34 heavy (non-hydrogen) atoms. The van der Waals surface area contributed by atoms with Crippen molar-refractivity contribution < 1.29 is 14.6 Å². The third-order valence-corrected chi connectivity index (χ3v) is 7.01. The molecule has 0 saturated carbocycles. The van der Waals surface area contributed by atoms with E-state index in [1.807, 2.05) is 37.3 Å². The number of phenols is 1. The highest BCUT2D eigenvalue weighted by Crippen LogP contribution is 2.42. The average molecular weight is 519 g/mol. The molecule has 3 aromatic rings. The number of allylic oxidation sites excluding steroid dienone is 1. The second-order valence-corrected chi connectivity index (χ2v) is 9.84. The lowest BCUT2D eigenvalue weighted by molar-refractivity contribution is 0.101. The summed E-state index contributed by atoms with van der Waals surface area (Å²) in [4.78, 5) is 17.9. The summed E-state index contributed by atoms with van der Waals surface area (Å²) >= 11 is 3.43. The molecule has 0 amide bonds. The molecule has 174 valence electrons. The Labute approximate surface area is 208 Å². The van der Waals surface area contributed by atoms with E-state index in [1.165, 1.54) is 5.56 Å². The lowest BCUT2D eigenvalue weighted by Gasteiger charge is -2.35. The molecule has 1 saturated heterocycles. The van der Waals surface area contributed by atoms with Crippen molar-refractivity contribution in [1.29, 1.82) is 0 Å². The van der Waals surface area contributed by atoms with Gasteiger partial charge in [0.05, 0.1) is 11.1 Å². The van der Waals surface area contributed by atoms with Gasteiger partial charge in [0.2, 0.25) is 5.78 Å². The summed E-state index contributed by atoms with van der Waals surface area (Å²) in [6, 6.07) is 19.9. The fraction of sp³-hybridized carbons (Fsp3) is 0.250. The van der Waals surface area contributed by atoms with Gasteiger partial charge < -0.3 is 9.84 Å². The number of piperazine rings is 1. The predicted octanol–water partition coefficient (Wildman–Crippen LogP) is 5.40. The van der Waals surface area contributed by atoms with Gasteiger partial charge in [0, 0.05) is 43.7 Å². The molecule has 0 atom stereocenters. The van der Waals surface area contributed by atoms with Crippen LogP contribution in [0.5, 0.6) is 11.5 Å². The van der Waals surface area contributed by atoms with Crippen LogP contribution in [-0.4, -0.2) is 46.9 Å². The number of aryl methyl sites for hydroxylation is 1. The number of hydrogen-bond donors (Lipinski definition) is 1. The zero-order chi connectivity index (χ0) is 23.7. The fourth-order valence-electron chi connectivity index (χ4n) is 4.61. The van der Waals surface area contributed by atoms with E-state index >= 15 is 0 Å². The minimum Gasteiger partial charge on any atom is -0.507 e. The summed E-state index contributed by atoms with van der Waals surface area (Å²) in [6.07, 6.45) is 1.76. The van der Waals surface area contributed by atoms with Crippen LogP contribution in [0, 0.1) is 6.92 Å². The average Bonchev–Trinajstić information content (AvgIpc) is 3.16. The molecule has 0 radical (unpaired) electrons. The van der Waals surface area contributed by atoms with Crippen LogP contribution in [0.1, 0.15) is 32.6 Å². The first kappa shape index (κ1) is 22.8. The predicted molar refractivity (Wildman–Crippen MR) is 137 cm³/mol. The smallest absolute Gasteiger partial charge is 0.232 e. The Morgan fingerprint density at radius 1 is 0.971 bits per heavy atom. The van der Waals surface area contributed by atoms with Gasteiger partial charge in [-0.25, -0.2) is 0 Å². The molecule has 2 aliphatic heterocycles. The number of hydrogen-bond acceptors (Lipinski definition) is 5. The molecule has 0 unspecified atom stereocenters. The normalized spacial score (nSPS) is 17.7. The number of nitrogens with zero attached hydrogens (tertiary/aromatic N) is 2. The van der Waals surface area contributed by atoms with Crippen LogP contribution >= 0.6 is 15.9 Å². The van der Waals surface area contributed by atoms with E-state index in [0.29, 0.717) is 29.2 Å². The fourth-order valence-corrected chi connectivity index (χ4v) is 4.88. The van der Waals surface area contributed by atoms with E-state index in [4.69, 9.17) is 4.74 Å². The first-order valence-electron chi connectivity index (χ1n) is 11.5. The number of carbonyl (C=O) groups excluding carboxylic acids is 1. The van der Waals surface area contributed by atoms with Crippen LogP contribution in [0.25, 0.3) is 6.08 Å². The van der Waals surface area contributed by atoms with Crippen molar-refractivity contribution in [2.75, 3.05) is 26.2 Å². The van der Waals surface area contributed by atoms with Crippen LogP contribution in [0.3, 0.4) is 0 Å². The first-order valence-corrected chi connectivity index (χ1v) is 12.3. The van der Waals surface area contributed by atoms with Crippen molar-refractivity contribution in [2.45, 2.75) is 20.0 Å². The first-order chi connectivity index (χ1) is 16.5. The molecule has 1 N–H and O–H groups in total. The van der Waals surface area contributed by atoms with Crippen LogP contribution in [-0.2, 0) is 13.1 Å². The maximum absolute atomic E-state index is 13.2. The summed E-state index contributed by atoms with van der Waals surface area (Å²) in [6.45, 7) is 7.04. The van der Waals surface area contributed by atoms with Crippen LogP contribution in [0.15, 0.2) is 70.9 Å². The third kappa shape index (κ3) is 4.80. The van der Waals surface area contributed by atoms with Crippen LogP contribution in [0.2, 0.25) is 0 Å². The number of aromatic hydroxyl groups is 1. The molecular weight excluding hydrogens is 492 g/mol. The lowest BCUT2D eigenvalue weighted by atomic mass is 9.99. The Morgan fingerprint density at radius 3 is 2.29 bits per heavy atom. The monoisotopic (exact) mass is 518 g/mol. The van der Waals surface area contributed by atoms with Gasteiger partial charge >= 0.3 is 0 Å². The number of halogens is 1. The number of carbonyl (C=O) groups is 1. The Morgan fingerprint density at radius 2 is 1.62 bits per heavy atom. The number of benzene rings is 3. The Kier molecular flexibility index (Phi) is 6.55. The van der Waals surface area contributed by atoms with Crippen molar-refractivity contribution in [3.05, 3.63) is 98.7 Å². The van der Waals surface area contributed by atoms with Crippen LogP contribution < -0.4 is 4.74 Å². The van der Waals surface area contributed by atoms with E-state index in [-0.39, 0.29) is 11.5 Å². The van der Waals surface area contributed by atoms with Crippen molar-refractivity contribution in [1.82, 2.24) is 9.80 Å². The second-order valence-electron chi connectivity index (χ2n) is 8.92. The van der Waals surface area contributed by atoms with Gasteiger partial charge in [-0.2, -0.15) is 0 Å². The number of ketones is 1. The molecule has 0 bridgehead atoms. The lowest BCUT2D eigenvalue weighted by Crippen LogP contribution is -2.45. The van der Waals surface area contributed by atoms with Gasteiger partial charge in [0.25, 0.3) is 0 Å². The van der Waals surface area contributed by atoms with Crippen molar-refractivity contribution in [3.8, 4) is 11.5 Å². The van der Waals surface area contributed by atoms with Gasteiger partial charge in [-0.1, -0.05) is 58.4 Å². The molecule has 0 aliphatic carbocycles. The zero-order valence-electron chi connectivity index (χ0n) is 19.1. The number of Topliss-reactive ketones (excluding diaryl/α,β-unsaturated/α-hetero) is 1. The number of rotatable bonds is 5. The Hall–Kier alpha value is -2.93. The highest BCUT2D eigenvalue weighted by molar-refractivity contribution is 9.10. The van der Waals surface area contributed by atoms with Crippen LogP contribution in [0.4, 0.5) is 0 Å². The quantitative estimate of drug-likeness (QED) is 0.458. The number of ether oxygens (including phenoxy) is 1. The maximum atomic E-state index is 13.2. The summed E-state index contributed by atoms with van der Waals surface area (Å²) in [7, 11) is 0. The van der Waals surface area contributed by atoms with E-state index in [9.17, 15) is 9.90 Å². The van der Waals surface area contributed by atoms with Gasteiger partial charge in [-0.05, 0) is 47.9 Å². The minimum absolute atomic E-state index is 0.135. The summed E-state index contributed by atoms with van der Waals surface area (Å²) in [5.41, 5.74) is 4.18. The van der Waals surface area contributed by atoms with Crippen molar-refractivity contribution in [3.63, 3.8) is 0 Å². The highest BCUT2D eigenvalue weighted by atomic mass is 79.9. The largest absolute Gasteiger partial charge is 0.507 e. The zero-order valence-corrected chi connectivity index (χ0v) is 20.7. The van der Waals surface area contributed by atoms with Crippen molar-refractivity contribution in [2.24, 2.45) is 0 Å². The molecule has 3 aromatic carbocycles. The van der Waals surface area contributed by atoms with E-state index in [1.54, 1.807) is 12.1 Å². The minimum atomic E-state index is -0.135. The van der Waals surface area contributed by atoms with E-state index in [0.717, 1.165) is 48.3 Å². The molecule has 0 spiro atoms. The summed E-state index contributed by atoms with van der Waals surface area (Å²) in [5, 5.41) is 10.8. The number of fused-ring (bicyclic) bond motifs is 1. The molecular formula is C28H27BrN2O3. The topological polar surface area (TPSA) is 53.0 Å². The Bertz CT molecular complexity index is 1230. The number of phenolic OH excluding ortho intramolecular Hbond substituents is 1. The molecule has 2 heterocycles. The van der Waals surface area contributed by atoms with E-state index < -0.39 is 0 Å². The molecule has 5 nitrogen and oxygen atoms in total. The van der Waals surface area contributed by atoms with Gasteiger partial charge in [0.15, 0.2) is 5.76 Å². The van der Waals surface area contributed by atoms with Gasteiger partial charge in [-0.3, -0.25) is 14.6 Å². The summed E-state index contributed by atoms with van der Waals surface area (Å²) < 4.78 is 7.07. The summed E-state index contributed by atoms with van der Waals surface area (Å²) in [5.74, 6) is 0.836. The van der Waals surface area contributed by atoms with Gasteiger partial charge in [-0.15, -0.1) is 0 Å². The van der Waals surface area contributed by atoms with Gasteiger partial charge in [0.1, 0.15) is 11.5 Å². The highest BCUT2D eigenvalue weighted by Gasteiger charge is 2.34. The molecule has 0 aromatic heterocycles. The van der Waals surface area contributed by atoms with E-state index in [2.05, 4.69) is 50.0 Å². The second kappa shape index (κ2) is 9.74. The molecule has 5 rings (SSSR count).